The third-order valence-electron chi connectivity index (χ3n) is 4.54. The molecule has 7 heteroatoms. The molecular formula is C18H21FN2O4. The minimum Gasteiger partial charge on any atom is -0.490 e. The zero-order valence-electron chi connectivity index (χ0n) is 14.3. The van der Waals surface area contributed by atoms with Crippen LogP contribution in [0.5, 0.6) is 5.75 Å². The zero-order valence-corrected chi connectivity index (χ0v) is 14.3. The summed E-state index contributed by atoms with van der Waals surface area (Å²) in [5.74, 6) is -0.0484. The van der Waals surface area contributed by atoms with E-state index in [1.807, 2.05) is 0 Å². The number of amides is 1. The van der Waals surface area contributed by atoms with Gasteiger partial charge in [0.05, 0.1) is 12.2 Å². The third-order valence-corrected chi connectivity index (χ3v) is 4.54. The highest BCUT2D eigenvalue weighted by atomic mass is 19.1. The Morgan fingerprint density at radius 2 is 2.32 bits per heavy atom. The fourth-order valence-corrected chi connectivity index (χ4v) is 3.05. The van der Waals surface area contributed by atoms with Gasteiger partial charge >= 0.3 is 0 Å². The Hall–Kier alpha value is -2.41. The number of carbonyl (C=O) groups is 1. The van der Waals surface area contributed by atoms with Crippen molar-refractivity contribution in [3.63, 3.8) is 0 Å². The quantitative estimate of drug-likeness (QED) is 0.831. The summed E-state index contributed by atoms with van der Waals surface area (Å²) >= 11 is 0. The number of aromatic nitrogens is 1. The van der Waals surface area contributed by atoms with Crippen molar-refractivity contribution in [2.24, 2.45) is 0 Å². The number of likely N-dealkylation sites (tertiary alicyclic amines) is 1. The number of methoxy groups -OCH3 is 1. The molecule has 2 heterocycles. The van der Waals surface area contributed by atoms with Gasteiger partial charge in [0.25, 0.3) is 5.91 Å². The number of piperidine rings is 1. The van der Waals surface area contributed by atoms with Crippen molar-refractivity contribution in [2.75, 3.05) is 26.8 Å². The van der Waals surface area contributed by atoms with E-state index in [1.54, 1.807) is 31.1 Å². The van der Waals surface area contributed by atoms with E-state index in [0.29, 0.717) is 30.1 Å². The number of aryl methyl sites for hydroxylation is 1. The minimum absolute atomic E-state index is 0.134. The van der Waals surface area contributed by atoms with Crippen molar-refractivity contribution in [2.45, 2.75) is 25.4 Å². The summed E-state index contributed by atoms with van der Waals surface area (Å²) in [6, 6.07) is 5.98. The fourth-order valence-electron chi connectivity index (χ4n) is 3.05. The largest absolute Gasteiger partial charge is 0.490 e. The first-order valence-corrected chi connectivity index (χ1v) is 8.17. The second kappa shape index (κ2) is 7.23. The lowest BCUT2D eigenvalue weighted by molar-refractivity contribution is -0.0825. The molecule has 1 aromatic carbocycles. The van der Waals surface area contributed by atoms with Gasteiger partial charge in [-0.1, -0.05) is 11.2 Å². The fraction of sp³-hybridized carbons (Fsp3) is 0.444. The molecule has 0 saturated carbocycles. The summed E-state index contributed by atoms with van der Waals surface area (Å²) in [7, 11) is 1.60. The molecule has 0 bridgehead atoms. The minimum atomic E-state index is -0.634. The van der Waals surface area contributed by atoms with E-state index in [2.05, 4.69) is 5.16 Å². The van der Waals surface area contributed by atoms with Crippen molar-refractivity contribution in [3.8, 4) is 5.75 Å². The molecule has 1 saturated heterocycles. The van der Waals surface area contributed by atoms with Crippen LogP contribution in [-0.2, 0) is 4.74 Å². The molecule has 0 radical (unpaired) electrons. The third kappa shape index (κ3) is 3.82. The lowest BCUT2D eigenvalue weighted by atomic mass is 9.92. The van der Waals surface area contributed by atoms with Crippen LogP contribution < -0.4 is 4.74 Å². The molecule has 0 N–H and O–H groups in total. The number of ether oxygens (including phenoxy) is 2. The summed E-state index contributed by atoms with van der Waals surface area (Å²) in [6.45, 7) is 2.99. The highest BCUT2D eigenvalue weighted by Crippen LogP contribution is 2.27. The maximum atomic E-state index is 13.3. The van der Waals surface area contributed by atoms with E-state index >= 15 is 0 Å². The van der Waals surface area contributed by atoms with Gasteiger partial charge in [0, 0.05) is 19.7 Å². The van der Waals surface area contributed by atoms with Crippen molar-refractivity contribution in [1.29, 1.82) is 0 Å². The number of hydrogen-bond acceptors (Lipinski definition) is 5. The van der Waals surface area contributed by atoms with Crippen LogP contribution in [0.25, 0.3) is 0 Å². The maximum Gasteiger partial charge on any atom is 0.259 e. The Balaban J connectivity index is 1.70. The molecule has 1 amide bonds. The van der Waals surface area contributed by atoms with E-state index in [-0.39, 0.29) is 18.3 Å². The first-order chi connectivity index (χ1) is 12.0. The lowest BCUT2D eigenvalue weighted by Crippen LogP contribution is -2.54. The standard InChI is InChI=1S/C18H21FN2O4/c1-13-16(10-25-20-13)17(22)21-8-4-7-18(11-21,23-2)12-24-15-6-3-5-14(19)9-15/h3,5-6,9-10H,4,7-8,11-12H2,1-2H3. The Morgan fingerprint density at radius 1 is 1.48 bits per heavy atom. The van der Waals surface area contributed by atoms with Crippen molar-refractivity contribution in [1.82, 2.24) is 10.1 Å². The zero-order chi connectivity index (χ0) is 17.9. The van der Waals surface area contributed by atoms with Gasteiger partial charge in [-0.05, 0) is 31.9 Å². The smallest absolute Gasteiger partial charge is 0.259 e. The van der Waals surface area contributed by atoms with Gasteiger partial charge < -0.3 is 18.9 Å². The van der Waals surface area contributed by atoms with Crippen LogP contribution in [0.1, 0.15) is 28.9 Å². The maximum absolute atomic E-state index is 13.3. The van der Waals surface area contributed by atoms with Gasteiger partial charge in [-0.15, -0.1) is 0 Å². The molecule has 1 aromatic heterocycles. The molecule has 25 heavy (non-hydrogen) atoms. The van der Waals surface area contributed by atoms with Crippen LogP contribution >= 0.6 is 0 Å². The van der Waals surface area contributed by atoms with Crippen molar-refractivity contribution in [3.05, 3.63) is 47.6 Å². The topological polar surface area (TPSA) is 64.8 Å². The highest BCUT2D eigenvalue weighted by molar-refractivity contribution is 5.94. The summed E-state index contributed by atoms with van der Waals surface area (Å²) in [4.78, 5) is 14.4. The number of carbonyl (C=O) groups excluding carboxylic acids is 1. The average molecular weight is 348 g/mol. The molecule has 1 aliphatic rings. The van der Waals surface area contributed by atoms with Crippen molar-refractivity contribution < 1.29 is 23.2 Å². The second-order valence-electron chi connectivity index (χ2n) is 6.28. The molecule has 1 unspecified atom stereocenters. The summed E-state index contributed by atoms with van der Waals surface area (Å²) < 4.78 is 29.6. The Bertz CT molecular complexity index is 748. The van der Waals surface area contributed by atoms with Gasteiger partial charge in [0.2, 0.25) is 0 Å². The average Bonchev–Trinajstić information content (AvgIpc) is 3.05. The van der Waals surface area contributed by atoms with Gasteiger partial charge in [0.15, 0.2) is 0 Å². The molecule has 134 valence electrons. The summed E-state index contributed by atoms with van der Waals surface area (Å²) in [5.41, 5.74) is 0.387. The predicted molar refractivity (Wildman–Crippen MR) is 88.0 cm³/mol. The van der Waals surface area contributed by atoms with Crippen LogP contribution in [0.4, 0.5) is 4.39 Å². The van der Waals surface area contributed by atoms with E-state index in [4.69, 9.17) is 14.0 Å². The number of rotatable bonds is 5. The molecule has 0 aliphatic carbocycles. The number of halogens is 1. The lowest BCUT2D eigenvalue weighted by Gasteiger charge is -2.41. The first kappa shape index (κ1) is 17.4. The number of hydrogen-bond donors (Lipinski definition) is 0. The normalized spacial score (nSPS) is 20.5. The predicted octanol–water partition coefficient (Wildman–Crippen LogP) is 2.82. The molecule has 1 fully saturated rings. The van der Waals surface area contributed by atoms with E-state index in [1.165, 1.54) is 18.4 Å². The van der Waals surface area contributed by atoms with Crippen LogP contribution in [0.15, 0.2) is 35.1 Å². The van der Waals surface area contributed by atoms with Gasteiger partial charge in [-0.2, -0.15) is 0 Å². The molecule has 0 spiro atoms. The summed E-state index contributed by atoms with van der Waals surface area (Å²) in [6.07, 6.45) is 2.91. The summed E-state index contributed by atoms with van der Waals surface area (Å²) in [5, 5.41) is 3.76. The number of nitrogens with zero attached hydrogens (tertiary/aromatic N) is 2. The number of benzene rings is 1. The molecule has 2 aromatic rings. The molecule has 1 aliphatic heterocycles. The second-order valence-corrected chi connectivity index (χ2v) is 6.28. The van der Waals surface area contributed by atoms with Gasteiger partial charge in [-0.25, -0.2) is 4.39 Å². The van der Waals surface area contributed by atoms with Crippen LogP contribution in [0.3, 0.4) is 0 Å². The van der Waals surface area contributed by atoms with Crippen LogP contribution in [0.2, 0.25) is 0 Å². The molecular weight excluding hydrogens is 327 g/mol. The Morgan fingerprint density at radius 3 is 3.00 bits per heavy atom. The van der Waals surface area contributed by atoms with Crippen LogP contribution in [-0.4, -0.2) is 48.4 Å². The Labute approximate surface area is 145 Å². The van der Waals surface area contributed by atoms with Crippen molar-refractivity contribution >= 4 is 5.91 Å². The van der Waals surface area contributed by atoms with E-state index in [0.717, 1.165) is 12.8 Å². The Kier molecular flexibility index (Phi) is 5.03. The van der Waals surface area contributed by atoms with E-state index < -0.39 is 5.60 Å². The monoisotopic (exact) mass is 348 g/mol. The SMILES string of the molecule is COC1(COc2cccc(F)c2)CCCN(C(=O)c2conc2C)C1. The van der Waals surface area contributed by atoms with Gasteiger partial charge in [-0.3, -0.25) is 4.79 Å². The highest BCUT2D eigenvalue weighted by Gasteiger charge is 2.39. The molecule has 3 rings (SSSR count). The van der Waals surface area contributed by atoms with E-state index in [9.17, 15) is 9.18 Å². The molecule has 6 nitrogen and oxygen atoms in total. The van der Waals surface area contributed by atoms with Gasteiger partial charge in [0.1, 0.15) is 35.6 Å². The van der Waals surface area contributed by atoms with Crippen LogP contribution in [0, 0.1) is 12.7 Å². The first-order valence-electron chi connectivity index (χ1n) is 8.17. The molecule has 1 atom stereocenters.